The second kappa shape index (κ2) is 10.1. The van der Waals surface area contributed by atoms with Crippen molar-refractivity contribution in [3.63, 3.8) is 0 Å². The number of phenols is 1. The number of nitrogens with zero attached hydrogens (tertiary/aromatic N) is 6. The van der Waals surface area contributed by atoms with Gasteiger partial charge in [-0.1, -0.05) is 32.3 Å². The van der Waals surface area contributed by atoms with Gasteiger partial charge in [-0.25, -0.2) is 9.37 Å². The second-order valence-electron chi connectivity index (χ2n) is 8.49. The van der Waals surface area contributed by atoms with Gasteiger partial charge in [-0.3, -0.25) is 0 Å². The number of aromatic nitrogens is 5. The molecule has 0 amide bonds. The molecule has 2 heterocycles. The van der Waals surface area contributed by atoms with Gasteiger partial charge in [0.05, 0.1) is 31.1 Å². The Kier molecular flexibility index (Phi) is 6.96. The Morgan fingerprint density at radius 3 is 2.67 bits per heavy atom. The maximum atomic E-state index is 14.8. The number of hydrogen-bond donors (Lipinski definition) is 1. The third kappa shape index (κ3) is 5.02. The predicted molar refractivity (Wildman–Crippen MR) is 124 cm³/mol. The molecule has 33 heavy (non-hydrogen) atoms. The van der Waals surface area contributed by atoms with E-state index in [0.29, 0.717) is 35.4 Å². The third-order valence-electron chi connectivity index (χ3n) is 6.48. The highest BCUT2D eigenvalue weighted by atomic mass is 19.1. The number of ether oxygens (including phenoxy) is 1. The largest absolute Gasteiger partial charge is 0.507 e. The number of phenolic OH excluding ortho intramolecular Hbond substituents is 1. The number of halogens is 1. The number of aromatic hydroxyl groups is 1. The van der Waals surface area contributed by atoms with Crippen molar-refractivity contribution in [1.82, 2.24) is 25.4 Å². The molecule has 0 aliphatic heterocycles. The van der Waals surface area contributed by atoms with Crippen LogP contribution in [0.5, 0.6) is 11.6 Å². The highest BCUT2D eigenvalue weighted by Gasteiger charge is 2.31. The van der Waals surface area contributed by atoms with Gasteiger partial charge in [0.15, 0.2) is 11.6 Å². The molecule has 174 valence electrons. The first-order valence-electron chi connectivity index (χ1n) is 11.3. The third-order valence-corrected chi connectivity index (χ3v) is 6.48. The normalized spacial score (nSPS) is 20.8. The Labute approximate surface area is 192 Å². The van der Waals surface area contributed by atoms with E-state index in [9.17, 15) is 9.50 Å². The van der Waals surface area contributed by atoms with Crippen LogP contribution in [0.25, 0.3) is 22.5 Å². The molecule has 1 N–H and O–H groups in total. The fourth-order valence-electron chi connectivity index (χ4n) is 4.40. The molecule has 3 atom stereocenters. The number of anilines is 1. The Morgan fingerprint density at radius 1 is 1.12 bits per heavy atom. The predicted octanol–water partition coefficient (Wildman–Crippen LogP) is 4.45. The molecule has 1 fully saturated rings. The van der Waals surface area contributed by atoms with E-state index in [1.54, 1.807) is 30.6 Å². The van der Waals surface area contributed by atoms with Crippen LogP contribution in [-0.4, -0.2) is 56.9 Å². The van der Waals surface area contributed by atoms with Gasteiger partial charge in [-0.05, 0) is 36.5 Å². The molecule has 0 bridgehead atoms. The van der Waals surface area contributed by atoms with Crippen molar-refractivity contribution in [2.45, 2.75) is 51.2 Å². The SMILES string of the molecule is CC[C@@H]1CCC[C@H](F)[C@H](N(C)c2cnc(-c3ccc(-c4cnnc(OC)c4)cc3O)nn2)C1. The van der Waals surface area contributed by atoms with Crippen LogP contribution in [0.4, 0.5) is 10.2 Å². The lowest BCUT2D eigenvalue weighted by Gasteiger charge is -2.31. The maximum absolute atomic E-state index is 14.8. The van der Waals surface area contributed by atoms with Crippen LogP contribution in [0, 0.1) is 5.92 Å². The smallest absolute Gasteiger partial charge is 0.233 e. The highest BCUT2D eigenvalue weighted by molar-refractivity contribution is 5.72. The van der Waals surface area contributed by atoms with Crippen molar-refractivity contribution in [3.8, 4) is 34.1 Å². The zero-order valence-corrected chi connectivity index (χ0v) is 19.1. The molecule has 1 aliphatic rings. The Morgan fingerprint density at radius 2 is 1.97 bits per heavy atom. The molecule has 1 aromatic carbocycles. The molecule has 0 spiro atoms. The molecule has 2 aromatic heterocycles. The number of methoxy groups -OCH3 is 1. The minimum atomic E-state index is -0.897. The van der Waals surface area contributed by atoms with E-state index in [4.69, 9.17) is 4.74 Å². The molecule has 1 saturated carbocycles. The molecule has 8 nitrogen and oxygen atoms in total. The minimum Gasteiger partial charge on any atom is -0.507 e. The molecule has 0 radical (unpaired) electrons. The molecule has 0 unspecified atom stereocenters. The topological polar surface area (TPSA) is 97.2 Å². The summed E-state index contributed by atoms with van der Waals surface area (Å²) in [5.41, 5.74) is 1.97. The lowest BCUT2D eigenvalue weighted by molar-refractivity contribution is 0.253. The molecule has 1 aliphatic carbocycles. The van der Waals surface area contributed by atoms with Crippen molar-refractivity contribution < 1.29 is 14.2 Å². The first-order chi connectivity index (χ1) is 16.0. The van der Waals surface area contributed by atoms with Crippen LogP contribution in [-0.2, 0) is 0 Å². The number of rotatable bonds is 6. The first-order valence-corrected chi connectivity index (χ1v) is 11.3. The standard InChI is InChI=1S/C24H29FN6O2/c1-4-15-6-5-7-19(25)20(10-15)31(2)22-14-26-24(30-28-22)18-9-8-16(11-21(18)32)17-12-23(33-3)29-27-13-17/h8-9,11-15,19-20,32H,4-7,10H2,1-3H3/t15-,19+,20-/m1/s1. The van der Waals surface area contributed by atoms with Crippen LogP contribution >= 0.6 is 0 Å². The molecule has 3 aromatic rings. The van der Waals surface area contributed by atoms with Crippen molar-refractivity contribution in [2.75, 3.05) is 19.1 Å². The quantitative estimate of drug-likeness (QED) is 0.548. The second-order valence-corrected chi connectivity index (χ2v) is 8.49. The fourth-order valence-corrected chi connectivity index (χ4v) is 4.40. The van der Waals surface area contributed by atoms with Crippen molar-refractivity contribution >= 4 is 5.82 Å². The summed E-state index contributed by atoms with van der Waals surface area (Å²) in [7, 11) is 3.37. The Hall–Kier alpha value is -3.36. The zero-order chi connectivity index (χ0) is 23.4. The number of benzene rings is 1. The maximum Gasteiger partial charge on any atom is 0.233 e. The van der Waals surface area contributed by atoms with Crippen LogP contribution in [0.1, 0.15) is 39.0 Å². The lowest BCUT2D eigenvalue weighted by Crippen LogP contribution is -2.40. The summed E-state index contributed by atoms with van der Waals surface area (Å²) in [5.74, 6) is 1.74. The highest BCUT2D eigenvalue weighted by Crippen LogP contribution is 2.34. The average molecular weight is 453 g/mol. The van der Waals surface area contributed by atoms with Crippen LogP contribution < -0.4 is 9.64 Å². The molecular formula is C24H29FN6O2. The zero-order valence-electron chi connectivity index (χ0n) is 19.1. The van der Waals surface area contributed by atoms with Gasteiger partial charge in [-0.2, -0.15) is 5.10 Å². The van der Waals surface area contributed by atoms with Crippen LogP contribution in [0.2, 0.25) is 0 Å². The van der Waals surface area contributed by atoms with Gasteiger partial charge in [0.2, 0.25) is 5.88 Å². The van der Waals surface area contributed by atoms with Gasteiger partial charge in [0.1, 0.15) is 11.9 Å². The van der Waals surface area contributed by atoms with Crippen LogP contribution in [0.3, 0.4) is 0 Å². The number of alkyl halides is 1. The summed E-state index contributed by atoms with van der Waals surface area (Å²) in [6.45, 7) is 2.16. The van der Waals surface area contributed by atoms with E-state index in [0.717, 1.165) is 36.8 Å². The van der Waals surface area contributed by atoms with E-state index < -0.39 is 6.17 Å². The van der Waals surface area contributed by atoms with E-state index in [-0.39, 0.29) is 11.8 Å². The molecule has 9 heteroatoms. The summed E-state index contributed by atoms with van der Waals surface area (Å²) in [6, 6.07) is 6.67. The van der Waals surface area contributed by atoms with Crippen molar-refractivity contribution in [2.24, 2.45) is 5.92 Å². The Balaban J connectivity index is 1.54. The van der Waals surface area contributed by atoms with E-state index >= 15 is 0 Å². The monoisotopic (exact) mass is 452 g/mol. The van der Waals surface area contributed by atoms with Gasteiger partial charge < -0.3 is 14.7 Å². The summed E-state index contributed by atoms with van der Waals surface area (Å²) < 4.78 is 19.9. The van der Waals surface area contributed by atoms with Crippen molar-refractivity contribution in [1.29, 1.82) is 0 Å². The van der Waals surface area contributed by atoms with Gasteiger partial charge in [0.25, 0.3) is 0 Å². The van der Waals surface area contributed by atoms with E-state index in [1.165, 1.54) is 7.11 Å². The molecule has 4 rings (SSSR count). The van der Waals surface area contributed by atoms with Gasteiger partial charge in [0, 0.05) is 18.7 Å². The molecule has 0 saturated heterocycles. The summed E-state index contributed by atoms with van der Waals surface area (Å²) in [5, 5.41) is 26.9. The summed E-state index contributed by atoms with van der Waals surface area (Å²) >= 11 is 0. The Bertz CT molecular complexity index is 1080. The van der Waals surface area contributed by atoms with Gasteiger partial charge >= 0.3 is 0 Å². The minimum absolute atomic E-state index is 0.0181. The van der Waals surface area contributed by atoms with Crippen molar-refractivity contribution in [3.05, 3.63) is 36.7 Å². The summed E-state index contributed by atoms with van der Waals surface area (Å²) in [4.78, 5) is 6.26. The first kappa shape index (κ1) is 22.8. The van der Waals surface area contributed by atoms with E-state index in [2.05, 4.69) is 32.3 Å². The van der Waals surface area contributed by atoms with E-state index in [1.807, 2.05) is 18.0 Å². The average Bonchev–Trinajstić information content (AvgIpc) is 3.04. The molecular weight excluding hydrogens is 423 g/mol. The summed E-state index contributed by atoms with van der Waals surface area (Å²) in [6.07, 6.45) is 6.70. The van der Waals surface area contributed by atoms with Gasteiger partial charge in [-0.15, -0.1) is 15.3 Å². The van der Waals surface area contributed by atoms with Crippen LogP contribution in [0.15, 0.2) is 36.7 Å². The fraction of sp³-hybridized carbons (Fsp3) is 0.458. The number of hydrogen-bond acceptors (Lipinski definition) is 8. The lowest BCUT2D eigenvalue weighted by atomic mass is 9.94.